The monoisotopic (exact) mass is 586 g/mol. The van der Waals surface area contributed by atoms with Crippen molar-refractivity contribution < 1.29 is 32.5 Å². The van der Waals surface area contributed by atoms with E-state index in [9.17, 15) is 23.1 Å². The van der Waals surface area contributed by atoms with Gasteiger partial charge in [-0.2, -0.15) is 0 Å². The molecule has 0 spiro atoms. The van der Waals surface area contributed by atoms with Crippen LogP contribution in [0.4, 0.5) is 13.2 Å². The van der Waals surface area contributed by atoms with Crippen molar-refractivity contribution in [2.75, 3.05) is 33.4 Å². The Bertz CT molecular complexity index is 1350. The maximum atomic E-state index is 14.2. The summed E-state index contributed by atoms with van der Waals surface area (Å²) in [6.07, 6.45) is 0.727. The number of carbonyl (C=O) groups is 1. The molecule has 1 unspecified atom stereocenters. The van der Waals surface area contributed by atoms with Crippen LogP contribution in [0.1, 0.15) is 54.2 Å². The van der Waals surface area contributed by atoms with Gasteiger partial charge < -0.3 is 29.4 Å². The highest BCUT2D eigenvalue weighted by molar-refractivity contribution is 5.98. The third kappa shape index (κ3) is 6.63. The number of aromatic nitrogens is 2. The van der Waals surface area contributed by atoms with Gasteiger partial charge in [0, 0.05) is 38.3 Å². The number of aryl methyl sites for hydroxylation is 1. The number of hydrogen-bond acceptors (Lipinski definition) is 6. The van der Waals surface area contributed by atoms with Crippen molar-refractivity contribution in [1.29, 1.82) is 0 Å². The fourth-order valence-corrected chi connectivity index (χ4v) is 6.34. The van der Waals surface area contributed by atoms with Crippen LogP contribution in [0.3, 0.4) is 0 Å². The zero-order valence-corrected chi connectivity index (χ0v) is 23.6. The number of ether oxygens (including phenoxy) is 2. The van der Waals surface area contributed by atoms with Crippen LogP contribution in [0, 0.1) is 0 Å². The highest BCUT2D eigenvalue weighted by Gasteiger charge is 2.42. The molecule has 3 atom stereocenters. The van der Waals surface area contributed by atoms with Gasteiger partial charge in [0.2, 0.25) is 0 Å². The normalized spacial score (nSPS) is 23.1. The first-order valence-corrected chi connectivity index (χ1v) is 14.4. The summed E-state index contributed by atoms with van der Waals surface area (Å²) in [4.78, 5) is 20.6. The van der Waals surface area contributed by atoms with Crippen LogP contribution >= 0.6 is 0 Å². The molecule has 2 aromatic carbocycles. The van der Waals surface area contributed by atoms with Gasteiger partial charge in [-0.25, -0.2) is 4.98 Å². The Morgan fingerprint density at radius 1 is 1.14 bits per heavy atom. The molecular formula is C31H37F3N4O4. The first-order chi connectivity index (χ1) is 20.2. The van der Waals surface area contributed by atoms with Gasteiger partial charge in [-0.1, -0.05) is 61.4 Å². The van der Waals surface area contributed by atoms with E-state index >= 15 is 0 Å². The highest BCUT2D eigenvalue weighted by Crippen LogP contribution is 2.41. The predicted molar refractivity (Wildman–Crippen MR) is 151 cm³/mol. The van der Waals surface area contributed by atoms with Crippen molar-refractivity contribution in [3.8, 4) is 17.0 Å². The largest absolute Gasteiger partial charge is 0.573 e. The van der Waals surface area contributed by atoms with E-state index in [1.54, 1.807) is 30.5 Å². The number of aliphatic hydroxyl groups is 1. The number of imidazole rings is 1. The molecule has 1 aliphatic heterocycles. The smallest absolute Gasteiger partial charge is 0.406 e. The summed E-state index contributed by atoms with van der Waals surface area (Å²) < 4.78 is 50.5. The van der Waals surface area contributed by atoms with Crippen LogP contribution < -0.4 is 10.1 Å². The lowest BCUT2D eigenvalue weighted by molar-refractivity contribution is -0.274. The number of carbonyl (C=O) groups excluding carboxylic acids is 1. The molecule has 1 aromatic heterocycles. The minimum Gasteiger partial charge on any atom is -0.406 e. The Balaban J connectivity index is 1.44. The molecule has 42 heavy (non-hydrogen) atoms. The van der Waals surface area contributed by atoms with E-state index < -0.39 is 12.0 Å². The molecule has 1 aliphatic carbocycles. The number of halogens is 3. The third-order valence-corrected chi connectivity index (χ3v) is 8.29. The molecule has 3 aromatic rings. The number of para-hydroxylation sites is 1. The molecule has 0 radical (unpaired) electrons. The zero-order valence-electron chi connectivity index (χ0n) is 23.6. The van der Waals surface area contributed by atoms with E-state index in [0.717, 1.165) is 24.8 Å². The van der Waals surface area contributed by atoms with Gasteiger partial charge in [0.25, 0.3) is 5.91 Å². The van der Waals surface area contributed by atoms with E-state index in [0.29, 0.717) is 55.8 Å². The second-order valence-corrected chi connectivity index (χ2v) is 11.1. The van der Waals surface area contributed by atoms with Crippen molar-refractivity contribution >= 4 is 5.91 Å². The lowest BCUT2D eigenvalue weighted by Crippen LogP contribution is -2.54. The minimum atomic E-state index is -4.79. The quantitative estimate of drug-likeness (QED) is 0.368. The molecule has 11 heteroatoms. The molecule has 5 rings (SSSR count). The maximum Gasteiger partial charge on any atom is 0.573 e. The number of nitrogens with one attached hydrogen (secondary N) is 1. The number of benzene rings is 2. The summed E-state index contributed by atoms with van der Waals surface area (Å²) in [5.74, 6) is -0.474. The van der Waals surface area contributed by atoms with Crippen molar-refractivity contribution in [1.82, 2.24) is 19.8 Å². The molecule has 8 nitrogen and oxygen atoms in total. The zero-order chi connectivity index (χ0) is 29.7. The minimum absolute atomic E-state index is 0.173. The molecule has 1 saturated heterocycles. The number of methoxy groups -OCH3 is 1. The molecule has 2 aliphatic rings. The van der Waals surface area contributed by atoms with Gasteiger partial charge in [0.15, 0.2) is 5.69 Å². The topological polar surface area (TPSA) is 88.8 Å². The predicted octanol–water partition coefficient (Wildman–Crippen LogP) is 4.99. The van der Waals surface area contributed by atoms with E-state index in [1.165, 1.54) is 12.1 Å². The van der Waals surface area contributed by atoms with Crippen LogP contribution in [0.25, 0.3) is 11.3 Å². The van der Waals surface area contributed by atoms with Crippen LogP contribution in [-0.2, 0) is 11.2 Å². The molecule has 1 saturated carbocycles. The van der Waals surface area contributed by atoms with E-state index in [-0.39, 0.29) is 30.3 Å². The average Bonchev–Trinajstić information content (AvgIpc) is 3.41. The summed E-state index contributed by atoms with van der Waals surface area (Å²) in [5.41, 5.74) is 1.08. The lowest BCUT2D eigenvalue weighted by Gasteiger charge is -2.41. The van der Waals surface area contributed by atoms with E-state index in [2.05, 4.69) is 15.0 Å². The summed E-state index contributed by atoms with van der Waals surface area (Å²) in [6.45, 7) is 1.70. The van der Waals surface area contributed by atoms with Crippen LogP contribution in [0.5, 0.6) is 5.75 Å². The first-order valence-electron chi connectivity index (χ1n) is 14.4. The van der Waals surface area contributed by atoms with Crippen LogP contribution in [0.15, 0.2) is 60.9 Å². The SMILES string of the molecule is COC[C@]1(O)CCCC[C@H]1n1cnc(C(=O)N2CCNCC2CCc2ccccc2OC(F)(F)F)c1-c1ccccc1. The van der Waals surface area contributed by atoms with E-state index in [1.807, 2.05) is 34.9 Å². The fraction of sp³-hybridized carbons (Fsp3) is 0.484. The second kappa shape index (κ2) is 12.8. The Kier molecular flexibility index (Phi) is 9.19. The van der Waals surface area contributed by atoms with Crippen molar-refractivity contribution in [2.24, 2.45) is 0 Å². The van der Waals surface area contributed by atoms with Gasteiger partial charge in [0.05, 0.1) is 24.7 Å². The number of alkyl halides is 3. The van der Waals surface area contributed by atoms with Crippen molar-refractivity contribution in [3.05, 3.63) is 72.2 Å². The van der Waals surface area contributed by atoms with Crippen molar-refractivity contribution in [3.63, 3.8) is 0 Å². The van der Waals surface area contributed by atoms with Gasteiger partial charge in [0.1, 0.15) is 11.4 Å². The molecule has 0 bridgehead atoms. The lowest BCUT2D eigenvalue weighted by atomic mass is 9.80. The number of hydrogen-bond donors (Lipinski definition) is 2. The Labute approximate surface area is 243 Å². The maximum absolute atomic E-state index is 14.2. The molecule has 2 heterocycles. The summed E-state index contributed by atoms with van der Waals surface area (Å²) in [5, 5.41) is 14.9. The third-order valence-electron chi connectivity index (χ3n) is 8.29. The summed E-state index contributed by atoms with van der Waals surface area (Å²) >= 11 is 0. The summed E-state index contributed by atoms with van der Waals surface area (Å²) in [7, 11) is 1.57. The average molecular weight is 587 g/mol. The van der Waals surface area contributed by atoms with Crippen molar-refractivity contribution in [2.45, 2.75) is 62.6 Å². The Morgan fingerprint density at radius 2 is 1.90 bits per heavy atom. The standard InChI is InChI=1S/C31H37F3N4O4/c1-41-20-30(40)16-8-7-13-26(30)38-21-36-27(28(38)23-10-3-2-4-11-23)29(39)37-18-17-35-19-24(37)15-14-22-9-5-6-12-25(22)42-31(32,33)34/h2-6,9-12,21,24,26,35,40H,7-8,13-20H2,1H3/t24?,26-,30-/m1/s1. The first kappa shape index (κ1) is 30.1. The molecule has 2 fully saturated rings. The molecule has 2 N–H and O–H groups in total. The number of rotatable bonds is 9. The van der Waals surface area contributed by atoms with Gasteiger partial charge in [-0.05, 0) is 37.3 Å². The highest BCUT2D eigenvalue weighted by atomic mass is 19.4. The summed E-state index contributed by atoms with van der Waals surface area (Å²) in [6, 6.07) is 15.1. The van der Waals surface area contributed by atoms with Gasteiger partial charge in [-0.15, -0.1) is 13.2 Å². The van der Waals surface area contributed by atoms with Crippen LogP contribution in [-0.4, -0.2) is 76.8 Å². The van der Waals surface area contributed by atoms with Crippen LogP contribution in [0.2, 0.25) is 0 Å². The number of piperazine rings is 1. The fourth-order valence-electron chi connectivity index (χ4n) is 6.34. The number of amides is 1. The molecular weight excluding hydrogens is 549 g/mol. The number of nitrogens with zero attached hydrogens (tertiary/aromatic N) is 3. The Hall–Kier alpha value is -3.41. The second-order valence-electron chi connectivity index (χ2n) is 11.1. The van der Waals surface area contributed by atoms with Gasteiger partial charge in [-0.3, -0.25) is 4.79 Å². The molecule has 226 valence electrons. The Morgan fingerprint density at radius 3 is 2.67 bits per heavy atom. The van der Waals surface area contributed by atoms with E-state index in [4.69, 9.17) is 4.74 Å². The van der Waals surface area contributed by atoms with Gasteiger partial charge >= 0.3 is 6.36 Å². The molecule has 1 amide bonds.